The summed E-state index contributed by atoms with van der Waals surface area (Å²) >= 11 is 0. The van der Waals surface area contributed by atoms with Crippen molar-refractivity contribution >= 4 is 11.8 Å². The molecule has 2 amide bonds. The van der Waals surface area contributed by atoms with Crippen LogP contribution >= 0.6 is 0 Å². The van der Waals surface area contributed by atoms with Crippen LogP contribution in [0.2, 0.25) is 0 Å². The van der Waals surface area contributed by atoms with E-state index in [2.05, 4.69) is 10.2 Å². The predicted octanol–water partition coefficient (Wildman–Crippen LogP) is -0.636. The maximum Gasteiger partial charge on any atom is 0.246 e. The van der Waals surface area contributed by atoms with E-state index < -0.39 is 0 Å². The van der Waals surface area contributed by atoms with Gasteiger partial charge < -0.3 is 20.1 Å². The van der Waals surface area contributed by atoms with Crippen LogP contribution in [-0.4, -0.2) is 85.3 Å². The monoisotopic (exact) mass is 337 g/mol. The van der Waals surface area contributed by atoms with Crippen molar-refractivity contribution in [2.75, 3.05) is 52.5 Å². The van der Waals surface area contributed by atoms with Crippen LogP contribution in [-0.2, 0) is 14.3 Å². The lowest BCUT2D eigenvalue weighted by atomic mass is 9.76. The number of piperidine rings is 1. The molecule has 134 valence electrons. The molecule has 0 bridgehead atoms. The third kappa shape index (κ3) is 3.79. The molecule has 1 spiro atoms. The van der Waals surface area contributed by atoms with Gasteiger partial charge in [-0.15, -0.1) is 0 Å². The Hall–Kier alpha value is -1.44. The highest BCUT2D eigenvalue weighted by molar-refractivity contribution is 5.89. The first kappa shape index (κ1) is 17.4. The zero-order valence-corrected chi connectivity index (χ0v) is 14.1. The first-order valence-electron chi connectivity index (χ1n) is 8.80. The van der Waals surface area contributed by atoms with E-state index in [0.717, 1.165) is 32.8 Å². The summed E-state index contributed by atoms with van der Waals surface area (Å²) in [5.41, 5.74) is -0.387. The second-order valence-corrected chi connectivity index (χ2v) is 6.98. The SMILES string of the molecule is O=C(C=CCN1CCOCC1)N1CCC2(CC1)CC(CO)NC2=O. The Bertz CT molecular complexity index is 494. The molecule has 0 aliphatic carbocycles. The molecule has 3 saturated heterocycles. The molecule has 3 aliphatic heterocycles. The number of hydrogen-bond acceptors (Lipinski definition) is 5. The fourth-order valence-corrected chi connectivity index (χ4v) is 3.84. The highest BCUT2D eigenvalue weighted by Crippen LogP contribution is 2.40. The van der Waals surface area contributed by atoms with Crippen molar-refractivity contribution in [3.8, 4) is 0 Å². The van der Waals surface area contributed by atoms with Crippen molar-refractivity contribution in [3.63, 3.8) is 0 Å². The van der Waals surface area contributed by atoms with E-state index >= 15 is 0 Å². The Balaban J connectivity index is 1.46. The van der Waals surface area contributed by atoms with Crippen LogP contribution in [0.15, 0.2) is 12.2 Å². The van der Waals surface area contributed by atoms with Gasteiger partial charge in [0, 0.05) is 38.8 Å². The van der Waals surface area contributed by atoms with E-state index in [-0.39, 0.29) is 29.9 Å². The lowest BCUT2D eigenvalue weighted by molar-refractivity contribution is -0.135. The van der Waals surface area contributed by atoms with Gasteiger partial charge in [-0.25, -0.2) is 0 Å². The molecule has 0 aromatic heterocycles. The molecular formula is C17H27N3O4. The van der Waals surface area contributed by atoms with Gasteiger partial charge in [-0.1, -0.05) is 6.08 Å². The highest BCUT2D eigenvalue weighted by atomic mass is 16.5. The molecule has 0 aromatic carbocycles. The molecule has 0 radical (unpaired) electrons. The Morgan fingerprint density at radius 1 is 1.29 bits per heavy atom. The molecule has 0 saturated carbocycles. The zero-order valence-electron chi connectivity index (χ0n) is 14.1. The van der Waals surface area contributed by atoms with E-state index in [4.69, 9.17) is 4.74 Å². The van der Waals surface area contributed by atoms with Crippen molar-refractivity contribution in [2.24, 2.45) is 5.41 Å². The van der Waals surface area contributed by atoms with Crippen molar-refractivity contribution in [3.05, 3.63) is 12.2 Å². The smallest absolute Gasteiger partial charge is 0.246 e. The van der Waals surface area contributed by atoms with Gasteiger partial charge in [0.15, 0.2) is 0 Å². The summed E-state index contributed by atoms with van der Waals surface area (Å²) in [5, 5.41) is 12.1. The summed E-state index contributed by atoms with van der Waals surface area (Å²) in [6.45, 7) is 5.30. The van der Waals surface area contributed by atoms with Gasteiger partial charge in [0.25, 0.3) is 0 Å². The average Bonchev–Trinajstić information content (AvgIpc) is 2.92. The third-order valence-electron chi connectivity index (χ3n) is 5.43. The summed E-state index contributed by atoms with van der Waals surface area (Å²) < 4.78 is 5.30. The molecule has 0 aromatic rings. The Morgan fingerprint density at radius 3 is 2.62 bits per heavy atom. The number of ether oxygens (including phenoxy) is 1. The molecule has 24 heavy (non-hydrogen) atoms. The Kier molecular flexibility index (Phi) is 5.53. The van der Waals surface area contributed by atoms with Crippen molar-refractivity contribution in [1.82, 2.24) is 15.1 Å². The lowest BCUT2D eigenvalue weighted by Crippen LogP contribution is -2.45. The van der Waals surface area contributed by atoms with E-state index in [1.165, 1.54) is 0 Å². The number of rotatable bonds is 4. The largest absolute Gasteiger partial charge is 0.394 e. The quantitative estimate of drug-likeness (QED) is 0.667. The average molecular weight is 337 g/mol. The summed E-state index contributed by atoms with van der Waals surface area (Å²) in [5.74, 6) is 0.0618. The van der Waals surface area contributed by atoms with Gasteiger partial charge in [-0.3, -0.25) is 14.5 Å². The number of carbonyl (C=O) groups is 2. The predicted molar refractivity (Wildman–Crippen MR) is 88.3 cm³/mol. The molecule has 7 nitrogen and oxygen atoms in total. The second kappa shape index (κ2) is 7.63. The molecule has 3 fully saturated rings. The number of hydrogen-bond donors (Lipinski definition) is 2. The van der Waals surface area contributed by atoms with Gasteiger partial charge in [-0.2, -0.15) is 0 Å². The molecule has 1 unspecified atom stereocenters. The summed E-state index contributed by atoms with van der Waals surface area (Å²) in [7, 11) is 0. The number of nitrogens with zero attached hydrogens (tertiary/aromatic N) is 2. The van der Waals surface area contributed by atoms with Crippen LogP contribution in [0.5, 0.6) is 0 Å². The summed E-state index contributed by atoms with van der Waals surface area (Å²) in [4.78, 5) is 28.6. The summed E-state index contributed by atoms with van der Waals surface area (Å²) in [6.07, 6.45) is 5.61. The van der Waals surface area contributed by atoms with Crippen molar-refractivity contribution in [2.45, 2.75) is 25.3 Å². The van der Waals surface area contributed by atoms with Gasteiger partial charge in [-0.05, 0) is 19.3 Å². The van der Waals surface area contributed by atoms with Crippen LogP contribution in [0.1, 0.15) is 19.3 Å². The Morgan fingerprint density at radius 2 is 2.00 bits per heavy atom. The minimum Gasteiger partial charge on any atom is -0.394 e. The van der Waals surface area contributed by atoms with Crippen molar-refractivity contribution < 1.29 is 19.4 Å². The molecule has 3 rings (SSSR count). The van der Waals surface area contributed by atoms with Gasteiger partial charge >= 0.3 is 0 Å². The third-order valence-corrected chi connectivity index (χ3v) is 5.43. The van der Waals surface area contributed by atoms with Crippen molar-refractivity contribution in [1.29, 1.82) is 0 Å². The minimum absolute atomic E-state index is 0.0135. The van der Waals surface area contributed by atoms with E-state index in [9.17, 15) is 14.7 Å². The number of aliphatic hydroxyl groups is 1. The minimum atomic E-state index is -0.387. The number of aliphatic hydroxyl groups excluding tert-OH is 1. The fraction of sp³-hybridized carbons (Fsp3) is 0.765. The van der Waals surface area contributed by atoms with Crippen LogP contribution in [0.3, 0.4) is 0 Å². The molecule has 1 atom stereocenters. The highest BCUT2D eigenvalue weighted by Gasteiger charge is 2.48. The molecular weight excluding hydrogens is 310 g/mol. The first-order valence-corrected chi connectivity index (χ1v) is 8.80. The maximum absolute atomic E-state index is 12.3. The van der Waals surface area contributed by atoms with Crippen LogP contribution < -0.4 is 5.32 Å². The summed E-state index contributed by atoms with van der Waals surface area (Å²) in [6, 6.07) is -0.131. The lowest BCUT2D eigenvalue weighted by Gasteiger charge is -2.37. The number of likely N-dealkylation sites (tertiary alicyclic amines) is 1. The Labute approximate surface area is 142 Å². The molecule has 7 heteroatoms. The van der Waals surface area contributed by atoms with E-state index in [0.29, 0.717) is 32.4 Å². The normalized spacial score (nSPS) is 27.8. The van der Waals surface area contributed by atoms with Crippen LogP contribution in [0, 0.1) is 5.41 Å². The maximum atomic E-state index is 12.3. The fourth-order valence-electron chi connectivity index (χ4n) is 3.84. The number of morpholine rings is 1. The number of carbonyl (C=O) groups excluding carboxylic acids is 2. The van der Waals surface area contributed by atoms with Crippen LogP contribution in [0.25, 0.3) is 0 Å². The number of amides is 2. The standard InChI is InChI=1S/C17H27N3O4/c21-13-14-12-17(16(23)18-14)3-6-20(7-4-17)15(22)2-1-5-19-8-10-24-11-9-19/h1-2,14,21H,3-13H2,(H,18,23). The second-order valence-electron chi connectivity index (χ2n) is 6.98. The van der Waals surface area contributed by atoms with E-state index in [1.807, 2.05) is 11.0 Å². The van der Waals surface area contributed by atoms with Gasteiger partial charge in [0.05, 0.1) is 31.3 Å². The van der Waals surface area contributed by atoms with E-state index in [1.54, 1.807) is 6.08 Å². The molecule has 2 N–H and O–H groups in total. The molecule has 3 heterocycles. The zero-order chi connectivity index (χ0) is 17.0. The van der Waals surface area contributed by atoms with Gasteiger partial charge in [0.1, 0.15) is 0 Å². The van der Waals surface area contributed by atoms with Gasteiger partial charge in [0.2, 0.25) is 11.8 Å². The van der Waals surface area contributed by atoms with Crippen LogP contribution in [0.4, 0.5) is 0 Å². The topological polar surface area (TPSA) is 82.1 Å². The first-order chi connectivity index (χ1) is 11.6. The number of nitrogens with one attached hydrogen (secondary N) is 1. The molecule has 3 aliphatic rings.